The number of aromatic nitrogens is 1. The number of rotatable bonds is 5. The van der Waals surface area contributed by atoms with Gasteiger partial charge in [-0.15, -0.1) is 11.3 Å². The molecular weight excluding hydrogens is 356 g/mol. The van der Waals surface area contributed by atoms with Gasteiger partial charge in [0.2, 0.25) is 5.91 Å². The van der Waals surface area contributed by atoms with Gasteiger partial charge in [0.15, 0.2) is 15.8 Å². The lowest BCUT2D eigenvalue weighted by molar-refractivity contribution is -0.118. The smallest absolute Gasteiger partial charge is 0.230 e. The lowest BCUT2D eigenvalue weighted by Gasteiger charge is -2.18. The molecule has 0 spiro atoms. The van der Waals surface area contributed by atoms with E-state index < -0.39 is 0 Å². The molecule has 5 nitrogen and oxygen atoms in total. The Labute approximate surface area is 153 Å². The van der Waals surface area contributed by atoms with Crippen LogP contribution < -0.4 is 14.8 Å². The summed E-state index contributed by atoms with van der Waals surface area (Å²) in [4.78, 5) is 16.6. The van der Waals surface area contributed by atoms with E-state index in [1.165, 1.54) is 11.8 Å². The van der Waals surface area contributed by atoms with E-state index in [4.69, 9.17) is 9.47 Å². The quantitative estimate of drug-likeness (QED) is 0.695. The first-order valence-electron chi connectivity index (χ1n) is 7.91. The van der Waals surface area contributed by atoms with Gasteiger partial charge in [-0.1, -0.05) is 30.0 Å². The lowest BCUT2D eigenvalue weighted by atomic mass is 10.2. The van der Waals surface area contributed by atoms with Crippen LogP contribution in [0.2, 0.25) is 0 Å². The summed E-state index contributed by atoms with van der Waals surface area (Å²) in [6.07, 6.45) is 0. The number of ether oxygens (including phenoxy) is 2. The number of para-hydroxylation sites is 1. The molecule has 2 heterocycles. The predicted octanol–water partition coefficient (Wildman–Crippen LogP) is 3.48. The lowest BCUT2D eigenvalue weighted by Crippen LogP contribution is -2.24. The average Bonchev–Trinajstić information content (AvgIpc) is 3.07. The minimum absolute atomic E-state index is 0.0147. The number of benzene rings is 2. The van der Waals surface area contributed by atoms with E-state index in [0.717, 1.165) is 31.6 Å². The van der Waals surface area contributed by atoms with Crippen molar-refractivity contribution in [3.05, 3.63) is 48.0 Å². The van der Waals surface area contributed by atoms with Crippen molar-refractivity contribution in [1.82, 2.24) is 10.3 Å². The maximum atomic E-state index is 12.1. The third-order valence-corrected chi connectivity index (χ3v) is 5.88. The molecule has 1 N–H and O–H groups in total. The summed E-state index contributed by atoms with van der Waals surface area (Å²) in [5, 5.41) is 2.93. The number of carbonyl (C=O) groups excluding carboxylic acids is 1. The first-order chi connectivity index (χ1) is 12.3. The number of amides is 1. The van der Waals surface area contributed by atoms with Crippen molar-refractivity contribution in [2.24, 2.45) is 0 Å². The van der Waals surface area contributed by atoms with Gasteiger partial charge >= 0.3 is 0 Å². The number of fused-ring (bicyclic) bond motifs is 2. The molecule has 0 saturated heterocycles. The Hall–Kier alpha value is -2.25. The molecule has 1 aliphatic heterocycles. The number of thioether (sulfide) groups is 1. The molecule has 0 aliphatic carbocycles. The van der Waals surface area contributed by atoms with Crippen LogP contribution in [0.5, 0.6) is 11.5 Å². The SMILES string of the molecule is O=C(CSc1nc2ccccc2s1)NCc1ccc2c(c1)OCCO2. The second-order valence-corrected chi connectivity index (χ2v) is 7.74. The van der Waals surface area contributed by atoms with Crippen LogP contribution in [0.4, 0.5) is 0 Å². The summed E-state index contributed by atoms with van der Waals surface area (Å²) in [6.45, 7) is 1.60. The van der Waals surface area contributed by atoms with Gasteiger partial charge in [0.25, 0.3) is 0 Å². The van der Waals surface area contributed by atoms with Gasteiger partial charge in [0.1, 0.15) is 13.2 Å². The molecule has 25 heavy (non-hydrogen) atoms. The second kappa shape index (κ2) is 7.33. The molecule has 0 atom stereocenters. The fourth-order valence-corrected chi connectivity index (χ4v) is 4.39. The van der Waals surface area contributed by atoms with Crippen molar-refractivity contribution in [3.63, 3.8) is 0 Å². The van der Waals surface area contributed by atoms with E-state index in [9.17, 15) is 4.79 Å². The van der Waals surface area contributed by atoms with Crippen LogP contribution in [0, 0.1) is 0 Å². The molecule has 0 radical (unpaired) electrons. The normalized spacial score (nSPS) is 13.0. The summed E-state index contributed by atoms with van der Waals surface area (Å²) >= 11 is 3.07. The van der Waals surface area contributed by atoms with Crippen LogP contribution in [-0.4, -0.2) is 29.9 Å². The average molecular weight is 372 g/mol. The van der Waals surface area contributed by atoms with Crippen molar-refractivity contribution in [2.75, 3.05) is 19.0 Å². The Morgan fingerprint density at radius 3 is 2.88 bits per heavy atom. The van der Waals surface area contributed by atoms with Crippen molar-refractivity contribution < 1.29 is 14.3 Å². The Morgan fingerprint density at radius 1 is 1.16 bits per heavy atom. The second-order valence-electron chi connectivity index (χ2n) is 5.49. The van der Waals surface area contributed by atoms with Gasteiger partial charge < -0.3 is 14.8 Å². The first-order valence-corrected chi connectivity index (χ1v) is 9.72. The fourth-order valence-electron chi connectivity index (χ4n) is 2.49. The molecule has 0 unspecified atom stereocenters. The molecule has 3 aromatic rings. The number of hydrogen-bond acceptors (Lipinski definition) is 6. The summed E-state index contributed by atoms with van der Waals surface area (Å²) in [6, 6.07) is 13.7. The third-order valence-electron chi connectivity index (χ3n) is 3.70. The van der Waals surface area contributed by atoms with Crippen molar-refractivity contribution in [2.45, 2.75) is 10.9 Å². The maximum Gasteiger partial charge on any atom is 0.230 e. The van der Waals surface area contributed by atoms with Crippen LogP contribution >= 0.6 is 23.1 Å². The first kappa shape index (κ1) is 16.2. The number of hydrogen-bond donors (Lipinski definition) is 1. The van der Waals surface area contributed by atoms with Gasteiger partial charge in [-0.25, -0.2) is 4.98 Å². The molecule has 7 heteroatoms. The standard InChI is InChI=1S/C18H16N2O3S2/c21-17(11-24-18-20-13-3-1-2-4-16(13)25-18)19-10-12-5-6-14-15(9-12)23-8-7-22-14/h1-6,9H,7-8,10-11H2,(H,19,21). The fraction of sp³-hybridized carbons (Fsp3) is 0.222. The van der Waals surface area contributed by atoms with Crippen LogP contribution in [-0.2, 0) is 11.3 Å². The summed E-state index contributed by atoms with van der Waals surface area (Å²) in [5.41, 5.74) is 1.97. The summed E-state index contributed by atoms with van der Waals surface area (Å²) < 4.78 is 13.1. The van der Waals surface area contributed by atoms with Crippen molar-refractivity contribution in [3.8, 4) is 11.5 Å². The minimum atomic E-state index is -0.0147. The molecule has 2 aromatic carbocycles. The monoisotopic (exact) mass is 372 g/mol. The van der Waals surface area contributed by atoms with Gasteiger partial charge in [0.05, 0.1) is 16.0 Å². The molecule has 1 amide bonds. The van der Waals surface area contributed by atoms with E-state index in [2.05, 4.69) is 10.3 Å². The zero-order valence-electron chi connectivity index (χ0n) is 13.4. The van der Waals surface area contributed by atoms with Crippen LogP contribution in [0.15, 0.2) is 46.8 Å². The van der Waals surface area contributed by atoms with Gasteiger partial charge in [0, 0.05) is 6.54 Å². The largest absolute Gasteiger partial charge is 0.486 e. The minimum Gasteiger partial charge on any atom is -0.486 e. The van der Waals surface area contributed by atoms with E-state index in [0.29, 0.717) is 25.5 Å². The van der Waals surface area contributed by atoms with Crippen LogP contribution in [0.3, 0.4) is 0 Å². The Bertz CT molecular complexity index is 877. The van der Waals surface area contributed by atoms with Crippen LogP contribution in [0.1, 0.15) is 5.56 Å². The Morgan fingerprint density at radius 2 is 2.00 bits per heavy atom. The zero-order chi connectivity index (χ0) is 17.1. The van der Waals surface area contributed by atoms with Gasteiger partial charge in [-0.05, 0) is 29.8 Å². The molecule has 1 aliphatic rings. The van der Waals surface area contributed by atoms with E-state index in [-0.39, 0.29) is 5.91 Å². The number of nitrogens with zero attached hydrogens (tertiary/aromatic N) is 1. The molecular formula is C18H16N2O3S2. The van der Waals surface area contributed by atoms with E-state index in [1.54, 1.807) is 11.3 Å². The highest BCUT2D eigenvalue weighted by molar-refractivity contribution is 8.01. The Kier molecular flexibility index (Phi) is 4.76. The molecule has 128 valence electrons. The summed E-state index contributed by atoms with van der Waals surface area (Å²) in [5.74, 6) is 1.83. The van der Waals surface area contributed by atoms with Crippen molar-refractivity contribution in [1.29, 1.82) is 0 Å². The highest BCUT2D eigenvalue weighted by Gasteiger charge is 2.12. The topological polar surface area (TPSA) is 60.5 Å². The third kappa shape index (κ3) is 3.88. The van der Waals surface area contributed by atoms with Gasteiger partial charge in [-0.2, -0.15) is 0 Å². The molecule has 0 saturated carbocycles. The number of carbonyl (C=O) groups is 1. The highest BCUT2D eigenvalue weighted by atomic mass is 32.2. The van der Waals surface area contributed by atoms with Crippen LogP contribution in [0.25, 0.3) is 10.2 Å². The highest BCUT2D eigenvalue weighted by Crippen LogP contribution is 2.31. The van der Waals surface area contributed by atoms with E-state index >= 15 is 0 Å². The van der Waals surface area contributed by atoms with E-state index in [1.807, 2.05) is 42.5 Å². The molecule has 1 aromatic heterocycles. The number of nitrogens with one attached hydrogen (secondary N) is 1. The Balaban J connectivity index is 1.30. The maximum absolute atomic E-state index is 12.1. The zero-order valence-corrected chi connectivity index (χ0v) is 15.0. The summed E-state index contributed by atoms with van der Waals surface area (Å²) in [7, 11) is 0. The van der Waals surface area contributed by atoms with Gasteiger partial charge in [-0.3, -0.25) is 4.79 Å². The predicted molar refractivity (Wildman–Crippen MR) is 99.6 cm³/mol. The number of thiazole rings is 1. The molecule has 4 rings (SSSR count). The molecule has 0 bridgehead atoms. The molecule has 0 fully saturated rings. The van der Waals surface area contributed by atoms with Crippen molar-refractivity contribution >= 4 is 39.2 Å².